The Bertz CT molecular complexity index is 504. The van der Waals surface area contributed by atoms with Gasteiger partial charge in [0.15, 0.2) is 5.82 Å². The number of carbonyl (C=O) groups excluding carboxylic acids is 1. The second kappa shape index (κ2) is 5.39. The first-order valence-electron chi connectivity index (χ1n) is 5.77. The number of benzene rings is 1. The van der Waals surface area contributed by atoms with Crippen molar-refractivity contribution in [2.24, 2.45) is 0 Å². The predicted molar refractivity (Wildman–Crippen MR) is 67.0 cm³/mol. The summed E-state index contributed by atoms with van der Waals surface area (Å²) in [5.74, 6) is 0.703. The number of nitrogens with one attached hydrogen (secondary N) is 2. The van der Waals surface area contributed by atoms with Gasteiger partial charge in [0.25, 0.3) is 0 Å². The van der Waals surface area contributed by atoms with E-state index in [0.29, 0.717) is 11.7 Å². The average Bonchev–Trinajstić information content (AvgIpc) is 2.82. The molecule has 0 unspecified atom stereocenters. The zero-order valence-electron chi connectivity index (χ0n) is 10.3. The highest BCUT2D eigenvalue weighted by atomic mass is 16.1. The van der Waals surface area contributed by atoms with E-state index in [-0.39, 0.29) is 12.3 Å². The minimum Gasteiger partial charge on any atom is -0.326 e. The molecule has 6 heteroatoms. The molecule has 0 radical (unpaired) electrons. The molecule has 1 aromatic carbocycles. The molecule has 0 aliphatic carbocycles. The first-order chi connectivity index (χ1) is 8.65. The number of hydrogen-bond donors (Lipinski definition) is 2. The quantitative estimate of drug-likeness (QED) is 0.855. The third-order valence-electron chi connectivity index (χ3n) is 2.57. The molecular weight excluding hydrogens is 230 g/mol. The molecule has 18 heavy (non-hydrogen) atoms. The number of rotatable bonds is 4. The zero-order chi connectivity index (χ0) is 13.0. The van der Waals surface area contributed by atoms with Gasteiger partial charge in [-0.15, -0.1) is 10.2 Å². The van der Waals surface area contributed by atoms with Gasteiger partial charge >= 0.3 is 0 Å². The predicted octanol–water partition coefficient (Wildman–Crippen LogP) is 1.50. The van der Waals surface area contributed by atoms with Crippen molar-refractivity contribution >= 4 is 11.6 Å². The highest BCUT2D eigenvalue weighted by Gasteiger charge is 2.07. The zero-order valence-corrected chi connectivity index (χ0v) is 10.3. The van der Waals surface area contributed by atoms with Gasteiger partial charge in [0.05, 0.1) is 6.42 Å². The maximum atomic E-state index is 11.7. The van der Waals surface area contributed by atoms with Crippen LogP contribution in [0.5, 0.6) is 0 Å². The standard InChI is InChI=1S/C12H15N5O/c1-8(2)9-3-5-10(6-4-9)13-12(18)7-11-14-16-17-15-11/h3-6,8H,7H2,1-2H3,(H,13,18)(H,14,15,16,17). The van der Waals surface area contributed by atoms with Gasteiger partial charge < -0.3 is 5.32 Å². The van der Waals surface area contributed by atoms with Crippen LogP contribution in [0.2, 0.25) is 0 Å². The van der Waals surface area contributed by atoms with Crippen LogP contribution in [0, 0.1) is 0 Å². The van der Waals surface area contributed by atoms with Crippen molar-refractivity contribution < 1.29 is 4.79 Å². The molecule has 6 nitrogen and oxygen atoms in total. The Morgan fingerprint density at radius 3 is 2.61 bits per heavy atom. The SMILES string of the molecule is CC(C)c1ccc(NC(=O)Cc2nn[nH]n2)cc1. The summed E-state index contributed by atoms with van der Waals surface area (Å²) in [6.45, 7) is 4.26. The molecule has 1 aromatic heterocycles. The summed E-state index contributed by atoms with van der Waals surface area (Å²) >= 11 is 0. The molecule has 1 amide bonds. The fraction of sp³-hybridized carbons (Fsp3) is 0.333. The molecular formula is C12H15N5O. The van der Waals surface area contributed by atoms with Crippen LogP contribution < -0.4 is 5.32 Å². The molecule has 94 valence electrons. The summed E-state index contributed by atoms with van der Waals surface area (Å²) in [6, 6.07) is 7.80. The van der Waals surface area contributed by atoms with E-state index in [9.17, 15) is 4.79 Å². The van der Waals surface area contributed by atoms with E-state index < -0.39 is 0 Å². The third kappa shape index (κ3) is 3.13. The normalized spacial score (nSPS) is 10.6. The van der Waals surface area contributed by atoms with Crippen LogP contribution >= 0.6 is 0 Å². The smallest absolute Gasteiger partial charge is 0.232 e. The lowest BCUT2D eigenvalue weighted by atomic mass is 10.0. The van der Waals surface area contributed by atoms with E-state index in [2.05, 4.69) is 39.8 Å². The summed E-state index contributed by atoms with van der Waals surface area (Å²) in [5.41, 5.74) is 2.01. The Morgan fingerprint density at radius 1 is 1.33 bits per heavy atom. The van der Waals surface area contributed by atoms with Gasteiger partial charge in [-0.3, -0.25) is 4.79 Å². The van der Waals surface area contributed by atoms with E-state index in [0.717, 1.165) is 5.69 Å². The fourth-order valence-corrected chi connectivity index (χ4v) is 1.56. The van der Waals surface area contributed by atoms with Crippen molar-refractivity contribution in [1.29, 1.82) is 0 Å². The van der Waals surface area contributed by atoms with Crippen LogP contribution in [0.4, 0.5) is 5.69 Å². The van der Waals surface area contributed by atoms with E-state index >= 15 is 0 Å². The Balaban J connectivity index is 1.95. The molecule has 2 rings (SSSR count). The highest BCUT2D eigenvalue weighted by molar-refractivity contribution is 5.91. The van der Waals surface area contributed by atoms with Crippen LogP contribution in [-0.2, 0) is 11.2 Å². The molecule has 0 saturated heterocycles. The molecule has 0 spiro atoms. The van der Waals surface area contributed by atoms with Gasteiger partial charge in [-0.1, -0.05) is 31.2 Å². The van der Waals surface area contributed by atoms with Gasteiger partial charge in [-0.25, -0.2) is 0 Å². The lowest BCUT2D eigenvalue weighted by Gasteiger charge is -2.07. The number of nitrogens with zero attached hydrogens (tertiary/aromatic N) is 3. The van der Waals surface area contributed by atoms with E-state index in [1.807, 2.05) is 24.3 Å². The third-order valence-corrected chi connectivity index (χ3v) is 2.57. The summed E-state index contributed by atoms with van der Waals surface area (Å²) in [6.07, 6.45) is 0.114. The molecule has 2 aromatic rings. The molecule has 0 aliphatic heterocycles. The highest BCUT2D eigenvalue weighted by Crippen LogP contribution is 2.17. The van der Waals surface area contributed by atoms with Crippen LogP contribution in [0.15, 0.2) is 24.3 Å². The average molecular weight is 245 g/mol. The van der Waals surface area contributed by atoms with Crippen LogP contribution in [0.25, 0.3) is 0 Å². The Kier molecular flexibility index (Phi) is 3.66. The van der Waals surface area contributed by atoms with Gasteiger partial charge in [0.2, 0.25) is 5.91 Å². The molecule has 1 heterocycles. The van der Waals surface area contributed by atoms with Crippen molar-refractivity contribution in [1.82, 2.24) is 20.6 Å². The van der Waals surface area contributed by atoms with Crippen molar-refractivity contribution in [3.05, 3.63) is 35.7 Å². The van der Waals surface area contributed by atoms with Gasteiger partial charge in [0, 0.05) is 5.69 Å². The summed E-state index contributed by atoms with van der Waals surface area (Å²) < 4.78 is 0. The van der Waals surface area contributed by atoms with Crippen molar-refractivity contribution in [3.8, 4) is 0 Å². The number of H-pyrrole nitrogens is 1. The maximum absolute atomic E-state index is 11.7. The summed E-state index contributed by atoms with van der Waals surface area (Å²) in [7, 11) is 0. The molecule has 0 fully saturated rings. The molecule has 2 N–H and O–H groups in total. The molecule has 0 saturated carbocycles. The fourth-order valence-electron chi connectivity index (χ4n) is 1.56. The van der Waals surface area contributed by atoms with Gasteiger partial charge in [0.1, 0.15) is 0 Å². The van der Waals surface area contributed by atoms with Crippen LogP contribution in [0.3, 0.4) is 0 Å². The first kappa shape index (κ1) is 12.2. The van der Waals surface area contributed by atoms with E-state index in [4.69, 9.17) is 0 Å². The maximum Gasteiger partial charge on any atom is 0.232 e. The van der Waals surface area contributed by atoms with Crippen molar-refractivity contribution in [2.45, 2.75) is 26.2 Å². The number of anilines is 1. The minimum atomic E-state index is -0.159. The second-order valence-electron chi connectivity index (χ2n) is 4.33. The number of hydrogen-bond acceptors (Lipinski definition) is 4. The lowest BCUT2D eigenvalue weighted by molar-refractivity contribution is -0.115. The Labute approximate surface area is 105 Å². The monoisotopic (exact) mass is 245 g/mol. The van der Waals surface area contributed by atoms with Gasteiger partial charge in [-0.2, -0.15) is 5.21 Å². The summed E-state index contributed by atoms with van der Waals surface area (Å²) in [5, 5.41) is 15.9. The number of amides is 1. The Morgan fingerprint density at radius 2 is 2.06 bits per heavy atom. The second-order valence-corrected chi connectivity index (χ2v) is 4.33. The Hall–Kier alpha value is -2.24. The van der Waals surface area contributed by atoms with Crippen molar-refractivity contribution in [3.63, 3.8) is 0 Å². The number of aromatic nitrogens is 4. The molecule has 0 aliphatic rings. The number of aromatic amines is 1. The van der Waals surface area contributed by atoms with Crippen LogP contribution in [-0.4, -0.2) is 26.5 Å². The first-order valence-corrected chi connectivity index (χ1v) is 5.77. The number of tetrazole rings is 1. The largest absolute Gasteiger partial charge is 0.326 e. The van der Waals surface area contributed by atoms with Gasteiger partial charge in [-0.05, 0) is 23.6 Å². The van der Waals surface area contributed by atoms with Crippen molar-refractivity contribution in [2.75, 3.05) is 5.32 Å². The lowest BCUT2D eigenvalue weighted by Crippen LogP contribution is -2.15. The molecule has 0 atom stereocenters. The minimum absolute atomic E-state index is 0.114. The van der Waals surface area contributed by atoms with E-state index in [1.54, 1.807) is 0 Å². The molecule has 0 bridgehead atoms. The summed E-state index contributed by atoms with van der Waals surface area (Å²) in [4.78, 5) is 11.7. The van der Waals surface area contributed by atoms with Crippen LogP contribution in [0.1, 0.15) is 31.2 Å². The number of carbonyl (C=O) groups is 1. The topological polar surface area (TPSA) is 83.6 Å². The van der Waals surface area contributed by atoms with E-state index in [1.165, 1.54) is 5.56 Å².